The Morgan fingerprint density at radius 1 is 1.25 bits per heavy atom. The zero-order valence-corrected chi connectivity index (χ0v) is 17.4. The maximum absolute atomic E-state index is 12.6. The molecule has 28 heavy (non-hydrogen) atoms. The zero-order chi connectivity index (χ0) is 19.5. The van der Waals surface area contributed by atoms with Crippen LogP contribution in [0.2, 0.25) is 5.15 Å². The van der Waals surface area contributed by atoms with Crippen LogP contribution in [0.25, 0.3) is 5.69 Å². The number of nitrogens with one attached hydrogen (secondary N) is 1. The van der Waals surface area contributed by atoms with Gasteiger partial charge in [-0.25, -0.2) is 9.67 Å². The average molecular weight is 415 g/mol. The van der Waals surface area contributed by atoms with Crippen LogP contribution in [0.1, 0.15) is 50.9 Å². The number of para-hydroxylation sites is 1. The van der Waals surface area contributed by atoms with E-state index >= 15 is 0 Å². The lowest BCUT2D eigenvalue weighted by Crippen LogP contribution is -2.25. The van der Waals surface area contributed by atoms with Crippen molar-refractivity contribution < 1.29 is 4.79 Å². The summed E-state index contributed by atoms with van der Waals surface area (Å²) in [7, 11) is 0. The fraction of sp³-hybridized carbons (Fsp3) is 0.381. The molecular formula is C21H23ClN4OS. The first-order valence-corrected chi connectivity index (χ1v) is 10.9. The fourth-order valence-electron chi connectivity index (χ4n) is 3.54. The highest BCUT2D eigenvalue weighted by Crippen LogP contribution is 2.27. The summed E-state index contributed by atoms with van der Waals surface area (Å²) < 4.78 is 1.60. The van der Waals surface area contributed by atoms with Gasteiger partial charge in [-0.3, -0.25) is 4.79 Å². The lowest BCUT2D eigenvalue weighted by Gasteiger charge is -2.06. The second-order valence-electron chi connectivity index (χ2n) is 7.04. The Bertz CT molecular complexity index is 956. The van der Waals surface area contributed by atoms with Crippen LogP contribution in [0.15, 0.2) is 30.3 Å². The minimum absolute atomic E-state index is 0.178. The summed E-state index contributed by atoms with van der Waals surface area (Å²) >= 11 is 8.30. The molecule has 1 aliphatic rings. The standard InChI is InChI=1S/C21H23ClN4OS/c1-14-19(20(22)26(25-14)15-8-3-2-4-9-15)21(27)23-13-7-12-18-24-16-10-5-6-11-17(16)28-18/h2-4,8-9H,5-7,10-13H2,1H3,(H,23,27). The molecule has 0 bridgehead atoms. The number of hydrogen-bond donors (Lipinski definition) is 1. The van der Waals surface area contributed by atoms with Gasteiger partial charge in [-0.15, -0.1) is 11.3 Å². The van der Waals surface area contributed by atoms with Gasteiger partial charge in [-0.1, -0.05) is 29.8 Å². The highest BCUT2D eigenvalue weighted by atomic mass is 35.5. The number of halogens is 1. The van der Waals surface area contributed by atoms with Crippen molar-refractivity contribution in [3.8, 4) is 5.69 Å². The molecule has 0 unspecified atom stereocenters. The molecular weight excluding hydrogens is 392 g/mol. The van der Waals surface area contributed by atoms with Gasteiger partial charge in [0.05, 0.1) is 27.6 Å². The number of rotatable bonds is 6. The Balaban J connectivity index is 1.35. The van der Waals surface area contributed by atoms with Crippen LogP contribution in [0.3, 0.4) is 0 Å². The van der Waals surface area contributed by atoms with Gasteiger partial charge in [0.1, 0.15) is 5.15 Å². The van der Waals surface area contributed by atoms with E-state index in [1.54, 1.807) is 11.6 Å². The van der Waals surface area contributed by atoms with E-state index in [0.29, 0.717) is 23.0 Å². The molecule has 0 radical (unpaired) electrons. The zero-order valence-electron chi connectivity index (χ0n) is 15.9. The maximum Gasteiger partial charge on any atom is 0.256 e. The van der Waals surface area contributed by atoms with E-state index in [-0.39, 0.29) is 5.91 Å². The molecule has 0 aliphatic heterocycles. The van der Waals surface area contributed by atoms with Gasteiger partial charge >= 0.3 is 0 Å². The van der Waals surface area contributed by atoms with Crippen molar-refractivity contribution in [2.24, 2.45) is 0 Å². The summed E-state index contributed by atoms with van der Waals surface area (Å²) in [6, 6.07) is 9.58. The molecule has 0 saturated carbocycles. The third kappa shape index (κ3) is 3.98. The van der Waals surface area contributed by atoms with Crippen LogP contribution >= 0.6 is 22.9 Å². The molecule has 0 fully saturated rings. The van der Waals surface area contributed by atoms with E-state index < -0.39 is 0 Å². The van der Waals surface area contributed by atoms with Gasteiger partial charge in [0.25, 0.3) is 5.91 Å². The lowest BCUT2D eigenvalue weighted by atomic mass is 10.0. The van der Waals surface area contributed by atoms with Gasteiger partial charge in [-0.2, -0.15) is 5.10 Å². The minimum atomic E-state index is -0.178. The largest absolute Gasteiger partial charge is 0.352 e. The first kappa shape index (κ1) is 19.2. The lowest BCUT2D eigenvalue weighted by molar-refractivity contribution is 0.0953. The van der Waals surface area contributed by atoms with Crippen molar-refractivity contribution in [1.29, 1.82) is 0 Å². The average Bonchev–Trinajstić information content (AvgIpc) is 3.25. The van der Waals surface area contributed by atoms with E-state index in [1.165, 1.54) is 34.8 Å². The van der Waals surface area contributed by atoms with Crippen molar-refractivity contribution in [3.05, 3.63) is 62.3 Å². The van der Waals surface area contributed by atoms with Crippen LogP contribution in [-0.4, -0.2) is 27.2 Å². The van der Waals surface area contributed by atoms with E-state index in [0.717, 1.165) is 24.9 Å². The SMILES string of the molecule is Cc1nn(-c2ccccc2)c(Cl)c1C(=O)NCCCc1nc2c(s1)CCCC2. The normalized spacial score (nSPS) is 13.4. The Hall–Kier alpha value is -2.18. The van der Waals surface area contributed by atoms with Crippen LogP contribution in [0.5, 0.6) is 0 Å². The number of aryl methyl sites for hydroxylation is 4. The van der Waals surface area contributed by atoms with Gasteiger partial charge in [0, 0.05) is 17.8 Å². The molecule has 1 N–H and O–H groups in total. The number of carbonyl (C=O) groups is 1. The molecule has 1 amide bonds. The molecule has 4 rings (SSSR count). The van der Waals surface area contributed by atoms with Crippen molar-refractivity contribution in [2.75, 3.05) is 6.54 Å². The van der Waals surface area contributed by atoms with E-state index in [4.69, 9.17) is 16.6 Å². The van der Waals surface area contributed by atoms with Crippen molar-refractivity contribution >= 4 is 28.8 Å². The van der Waals surface area contributed by atoms with Gasteiger partial charge in [0.15, 0.2) is 0 Å². The summed E-state index contributed by atoms with van der Waals surface area (Å²) in [5.41, 5.74) is 3.20. The third-order valence-corrected chi connectivity index (χ3v) is 6.54. The number of carbonyl (C=O) groups excluding carboxylic acids is 1. The molecule has 0 saturated heterocycles. The molecule has 1 aliphatic carbocycles. The molecule has 0 atom stereocenters. The van der Waals surface area contributed by atoms with E-state index in [1.807, 2.05) is 41.7 Å². The fourth-order valence-corrected chi connectivity index (χ4v) is 5.10. The Kier molecular flexibility index (Phi) is 5.78. The monoisotopic (exact) mass is 414 g/mol. The minimum Gasteiger partial charge on any atom is -0.352 e. The number of aromatic nitrogens is 3. The number of benzene rings is 1. The highest BCUT2D eigenvalue weighted by molar-refractivity contribution is 7.11. The van der Waals surface area contributed by atoms with Crippen molar-refractivity contribution in [2.45, 2.75) is 45.4 Å². The third-order valence-electron chi connectivity index (χ3n) is 4.97. The van der Waals surface area contributed by atoms with Gasteiger partial charge < -0.3 is 5.32 Å². The molecule has 146 valence electrons. The van der Waals surface area contributed by atoms with Gasteiger partial charge in [0.2, 0.25) is 0 Å². The summed E-state index contributed by atoms with van der Waals surface area (Å²) in [6.45, 7) is 2.40. The summed E-state index contributed by atoms with van der Waals surface area (Å²) in [4.78, 5) is 18.9. The second-order valence-corrected chi connectivity index (χ2v) is 8.57. The summed E-state index contributed by atoms with van der Waals surface area (Å²) in [5.74, 6) is -0.178. The molecule has 3 aromatic rings. The molecule has 2 heterocycles. The Morgan fingerprint density at radius 3 is 2.82 bits per heavy atom. The van der Waals surface area contributed by atoms with E-state index in [9.17, 15) is 4.79 Å². The highest BCUT2D eigenvalue weighted by Gasteiger charge is 2.21. The smallest absolute Gasteiger partial charge is 0.256 e. The number of thiazole rings is 1. The topological polar surface area (TPSA) is 59.8 Å². The number of hydrogen-bond acceptors (Lipinski definition) is 4. The predicted octanol–water partition coefficient (Wildman–Crippen LogP) is 4.53. The molecule has 7 heteroatoms. The first-order valence-electron chi connectivity index (χ1n) is 9.69. The second kappa shape index (κ2) is 8.45. The van der Waals surface area contributed by atoms with Crippen molar-refractivity contribution in [3.63, 3.8) is 0 Å². The molecule has 2 aromatic heterocycles. The van der Waals surface area contributed by atoms with Crippen LogP contribution in [-0.2, 0) is 19.3 Å². The number of amides is 1. The van der Waals surface area contributed by atoms with Crippen LogP contribution < -0.4 is 5.32 Å². The maximum atomic E-state index is 12.6. The number of nitrogens with zero attached hydrogens (tertiary/aromatic N) is 3. The Morgan fingerprint density at radius 2 is 2.04 bits per heavy atom. The summed E-state index contributed by atoms with van der Waals surface area (Å²) in [5, 5.41) is 8.94. The summed E-state index contributed by atoms with van der Waals surface area (Å²) in [6.07, 6.45) is 6.58. The first-order chi connectivity index (χ1) is 13.6. The van der Waals surface area contributed by atoms with E-state index in [2.05, 4.69) is 10.4 Å². The van der Waals surface area contributed by atoms with Crippen molar-refractivity contribution in [1.82, 2.24) is 20.1 Å². The quantitative estimate of drug-likeness (QED) is 0.602. The van der Waals surface area contributed by atoms with Crippen LogP contribution in [0, 0.1) is 6.92 Å². The molecule has 1 aromatic carbocycles. The van der Waals surface area contributed by atoms with Crippen LogP contribution in [0.4, 0.5) is 0 Å². The molecule has 0 spiro atoms. The van der Waals surface area contributed by atoms with Gasteiger partial charge in [-0.05, 0) is 51.2 Å². The predicted molar refractivity (Wildman–Crippen MR) is 113 cm³/mol. The Labute approximate surface area is 173 Å². The number of fused-ring (bicyclic) bond motifs is 1. The molecule has 5 nitrogen and oxygen atoms in total.